The highest BCUT2D eigenvalue weighted by Gasteiger charge is 2.26. The molecule has 0 aliphatic heterocycles. The monoisotopic (exact) mass is 334 g/mol. The maximum absolute atomic E-state index is 12.4. The van der Waals surface area contributed by atoms with Gasteiger partial charge in [0.15, 0.2) is 0 Å². The first-order chi connectivity index (χ1) is 9.72. The maximum Gasteiger partial charge on any atom is 0.241 e. The van der Waals surface area contributed by atoms with Gasteiger partial charge in [-0.1, -0.05) is 24.6 Å². The Morgan fingerprint density at radius 2 is 2.00 bits per heavy atom. The summed E-state index contributed by atoms with van der Waals surface area (Å²) < 4.78 is 32.3. The quantitative estimate of drug-likeness (QED) is 0.764. The van der Waals surface area contributed by atoms with Crippen LogP contribution in [0.5, 0.6) is 0 Å². The number of rotatable bonds is 8. The summed E-state index contributed by atoms with van der Waals surface area (Å²) in [7, 11) is -2.10. The van der Waals surface area contributed by atoms with Crippen molar-refractivity contribution in [2.24, 2.45) is 0 Å². The van der Waals surface area contributed by atoms with Gasteiger partial charge in [0, 0.05) is 18.7 Å². The highest BCUT2D eigenvalue weighted by molar-refractivity contribution is 7.89. The summed E-state index contributed by atoms with van der Waals surface area (Å²) >= 11 is 6.15. The first-order valence-corrected chi connectivity index (χ1v) is 8.60. The first-order valence-electron chi connectivity index (χ1n) is 6.74. The van der Waals surface area contributed by atoms with Crippen LogP contribution >= 0.6 is 11.6 Å². The number of hydrogen-bond donors (Lipinski definition) is 2. The number of benzene rings is 1. The van der Waals surface area contributed by atoms with E-state index in [-0.39, 0.29) is 11.5 Å². The number of methoxy groups -OCH3 is 1. The van der Waals surface area contributed by atoms with Gasteiger partial charge in [0.25, 0.3) is 0 Å². The maximum atomic E-state index is 12.4. The van der Waals surface area contributed by atoms with Crippen molar-refractivity contribution in [1.82, 2.24) is 10.0 Å². The zero-order valence-electron chi connectivity index (χ0n) is 12.9. The van der Waals surface area contributed by atoms with Gasteiger partial charge in [0.2, 0.25) is 10.0 Å². The van der Waals surface area contributed by atoms with Gasteiger partial charge in [-0.05, 0) is 38.1 Å². The lowest BCUT2D eigenvalue weighted by Gasteiger charge is -2.25. The Morgan fingerprint density at radius 1 is 1.33 bits per heavy atom. The molecule has 0 atom stereocenters. The van der Waals surface area contributed by atoms with Gasteiger partial charge in [0.05, 0.1) is 17.0 Å². The molecule has 0 bridgehead atoms. The highest BCUT2D eigenvalue weighted by Crippen LogP contribution is 2.22. The molecule has 0 aliphatic rings. The van der Waals surface area contributed by atoms with Crippen molar-refractivity contribution >= 4 is 21.6 Å². The average Bonchev–Trinajstić information content (AvgIpc) is 2.35. The molecule has 1 rings (SSSR count). The van der Waals surface area contributed by atoms with Gasteiger partial charge in [-0.25, -0.2) is 13.1 Å². The third-order valence-corrected chi connectivity index (χ3v) is 4.86. The molecule has 21 heavy (non-hydrogen) atoms. The molecule has 0 saturated carbocycles. The fraction of sp³-hybridized carbons (Fsp3) is 0.571. The molecule has 5 nitrogen and oxygen atoms in total. The van der Waals surface area contributed by atoms with Crippen molar-refractivity contribution in [3.63, 3.8) is 0 Å². The minimum absolute atomic E-state index is 0.150. The van der Waals surface area contributed by atoms with Crippen molar-refractivity contribution in [2.75, 3.05) is 20.3 Å². The fourth-order valence-corrected chi connectivity index (χ4v) is 3.65. The highest BCUT2D eigenvalue weighted by atomic mass is 35.5. The minimum atomic E-state index is -3.63. The molecule has 0 heterocycles. The standard InChI is InChI=1S/C14H23ClN2O3S/c1-5-16-9-11-6-7-12(8-13(11)15)21(18,19)17-14(2,3)10-20-4/h6-8,16-17H,5,9-10H2,1-4H3. The van der Waals surface area contributed by atoms with Crippen molar-refractivity contribution in [2.45, 2.75) is 37.8 Å². The lowest BCUT2D eigenvalue weighted by Crippen LogP contribution is -2.46. The summed E-state index contributed by atoms with van der Waals surface area (Å²) in [5.41, 5.74) is 0.177. The Balaban J connectivity index is 2.96. The third-order valence-electron chi connectivity index (χ3n) is 2.82. The molecule has 2 N–H and O–H groups in total. The molecule has 0 fully saturated rings. The number of sulfonamides is 1. The second-order valence-electron chi connectivity index (χ2n) is 5.46. The molecular weight excluding hydrogens is 312 g/mol. The lowest BCUT2D eigenvalue weighted by atomic mass is 10.1. The molecule has 0 spiro atoms. The van der Waals surface area contributed by atoms with E-state index in [1.165, 1.54) is 13.2 Å². The van der Waals surface area contributed by atoms with Crippen LogP contribution in [0.25, 0.3) is 0 Å². The van der Waals surface area contributed by atoms with Crippen LogP contribution < -0.4 is 10.0 Å². The number of halogens is 1. The Morgan fingerprint density at radius 3 is 2.52 bits per heavy atom. The minimum Gasteiger partial charge on any atom is -0.383 e. The topological polar surface area (TPSA) is 67.4 Å². The molecular formula is C14H23ClN2O3S. The summed E-state index contributed by atoms with van der Waals surface area (Å²) in [4.78, 5) is 0.150. The molecule has 0 amide bonds. The second kappa shape index (κ2) is 7.56. The van der Waals surface area contributed by atoms with Crippen LogP contribution in [-0.4, -0.2) is 34.2 Å². The summed E-state index contributed by atoms with van der Waals surface area (Å²) in [6.07, 6.45) is 0. The predicted octanol–water partition coefficient (Wildman–Crippen LogP) is 2.15. The second-order valence-corrected chi connectivity index (χ2v) is 7.55. The van der Waals surface area contributed by atoms with E-state index in [0.717, 1.165) is 12.1 Å². The Kier molecular flexibility index (Phi) is 6.62. The van der Waals surface area contributed by atoms with Crippen molar-refractivity contribution in [3.05, 3.63) is 28.8 Å². The van der Waals surface area contributed by atoms with E-state index in [1.54, 1.807) is 26.0 Å². The van der Waals surface area contributed by atoms with Crippen LogP contribution in [0.2, 0.25) is 5.02 Å². The fourth-order valence-electron chi connectivity index (χ4n) is 1.91. The van der Waals surface area contributed by atoms with Crippen LogP contribution in [0, 0.1) is 0 Å². The Labute approximate surface area is 132 Å². The summed E-state index contributed by atoms with van der Waals surface area (Å²) in [5.74, 6) is 0. The average molecular weight is 335 g/mol. The van der Waals surface area contributed by atoms with Gasteiger partial charge < -0.3 is 10.1 Å². The molecule has 0 saturated heterocycles. The van der Waals surface area contributed by atoms with Crippen molar-refractivity contribution < 1.29 is 13.2 Å². The molecule has 0 unspecified atom stereocenters. The van der Waals surface area contributed by atoms with Gasteiger partial charge in [-0.3, -0.25) is 0 Å². The van der Waals surface area contributed by atoms with Crippen molar-refractivity contribution in [1.29, 1.82) is 0 Å². The predicted molar refractivity (Wildman–Crippen MR) is 85.1 cm³/mol. The SMILES string of the molecule is CCNCc1ccc(S(=O)(=O)NC(C)(C)COC)cc1Cl. The zero-order chi connectivity index (χ0) is 16.1. The molecule has 1 aromatic carbocycles. The first kappa shape index (κ1) is 18.4. The van der Waals surface area contributed by atoms with E-state index in [9.17, 15) is 8.42 Å². The Hall–Kier alpha value is -0.660. The van der Waals surface area contributed by atoms with Gasteiger partial charge in [0.1, 0.15) is 0 Å². The van der Waals surface area contributed by atoms with E-state index in [2.05, 4.69) is 10.0 Å². The zero-order valence-corrected chi connectivity index (χ0v) is 14.4. The van der Waals surface area contributed by atoms with Gasteiger partial charge in [-0.2, -0.15) is 0 Å². The molecule has 0 radical (unpaired) electrons. The van der Waals surface area contributed by atoms with E-state index >= 15 is 0 Å². The van der Waals surface area contributed by atoms with Crippen molar-refractivity contribution in [3.8, 4) is 0 Å². The van der Waals surface area contributed by atoms with E-state index in [0.29, 0.717) is 11.6 Å². The van der Waals surface area contributed by atoms with Crippen LogP contribution in [0.3, 0.4) is 0 Å². The van der Waals surface area contributed by atoms with E-state index in [4.69, 9.17) is 16.3 Å². The molecule has 0 aromatic heterocycles. The Bertz CT molecular complexity index is 574. The van der Waals surface area contributed by atoms with Crippen LogP contribution in [-0.2, 0) is 21.3 Å². The molecule has 120 valence electrons. The summed E-state index contributed by atoms with van der Waals surface area (Å²) in [6.45, 7) is 7.22. The largest absolute Gasteiger partial charge is 0.383 e. The third kappa shape index (κ3) is 5.56. The molecule has 1 aromatic rings. The molecule has 7 heteroatoms. The summed E-state index contributed by atoms with van der Waals surface area (Å²) in [6, 6.07) is 4.76. The normalized spacial score (nSPS) is 12.6. The van der Waals surface area contributed by atoms with E-state index < -0.39 is 15.6 Å². The van der Waals surface area contributed by atoms with Gasteiger partial charge in [-0.15, -0.1) is 0 Å². The van der Waals surface area contributed by atoms with E-state index in [1.807, 2.05) is 6.92 Å². The summed E-state index contributed by atoms with van der Waals surface area (Å²) in [5, 5.41) is 3.59. The van der Waals surface area contributed by atoms with Crippen LogP contribution in [0.15, 0.2) is 23.1 Å². The number of ether oxygens (including phenoxy) is 1. The number of hydrogen-bond acceptors (Lipinski definition) is 4. The number of nitrogens with one attached hydrogen (secondary N) is 2. The van der Waals surface area contributed by atoms with Gasteiger partial charge >= 0.3 is 0 Å². The lowest BCUT2D eigenvalue weighted by molar-refractivity contribution is 0.141. The smallest absolute Gasteiger partial charge is 0.241 e. The van der Waals surface area contributed by atoms with Crippen LogP contribution in [0.4, 0.5) is 0 Å². The van der Waals surface area contributed by atoms with Crippen LogP contribution in [0.1, 0.15) is 26.3 Å². The molecule has 0 aliphatic carbocycles.